The first kappa shape index (κ1) is 19.0. The molecule has 4 rings (SSSR count). The van der Waals surface area contributed by atoms with E-state index in [1.807, 2.05) is 42.5 Å². The van der Waals surface area contributed by atoms with Crippen LogP contribution >= 0.6 is 22.6 Å². The van der Waals surface area contributed by atoms with Crippen LogP contribution in [-0.4, -0.2) is 16.1 Å². The Labute approximate surface area is 179 Å². The number of halogens is 1. The SMILES string of the molecule is O=[N+]([O-])c1ccccc1C=CC=Nc1ccc2oc(-c3cccc(I)c3)nc2c1. The first-order chi connectivity index (χ1) is 14.1. The maximum absolute atomic E-state index is 11.0. The largest absolute Gasteiger partial charge is 0.436 e. The summed E-state index contributed by atoms with van der Waals surface area (Å²) in [4.78, 5) is 19.6. The quantitative estimate of drug-likeness (QED) is 0.138. The number of hydrogen-bond acceptors (Lipinski definition) is 5. The summed E-state index contributed by atoms with van der Waals surface area (Å²) in [6, 6.07) is 20.0. The van der Waals surface area contributed by atoms with Gasteiger partial charge in [0, 0.05) is 21.4 Å². The molecule has 142 valence electrons. The van der Waals surface area contributed by atoms with Crippen LogP contribution in [-0.2, 0) is 0 Å². The fourth-order valence-corrected chi connectivity index (χ4v) is 3.35. The molecular formula is C22H14IN3O3. The lowest BCUT2D eigenvalue weighted by Gasteiger charge is -1.95. The number of rotatable bonds is 5. The van der Waals surface area contributed by atoms with Crippen LogP contribution < -0.4 is 0 Å². The van der Waals surface area contributed by atoms with E-state index in [1.54, 1.807) is 36.6 Å². The van der Waals surface area contributed by atoms with Crippen LogP contribution in [0.15, 0.2) is 82.2 Å². The molecule has 0 saturated carbocycles. The molecule has 0 aliphatic rings. The Kier molecular flexibility index (Phi) is 5.48. The Hall–Kier alpha value is -3.33. The Morgan fingerprint density at radius 1 is 1.07 bits per heavy atom. The first-order valence-electron chi connectivity index (χ1n) is 8.71. The van der Waals surface area contributed by atoms with Crippen LogP contribution in [0.5, 0.6) is 0 Å². The topological polar surface area (TPSA) is 81.5 Å². The highest BCUT2D eigenvalue weighted by Gasteiger charge is 2.10. The molecule has 3 aromatic carbocycles. The minimum Gasteiger partial charge on any atom is -0.436 e. The zero-order valence-corrected chi connectivity index (χ0v) is 17.2. The molecule has 0 atom stereocenters. The molecule has 0 unspecified atom stereocenters. The Bertz CT molecular complexity index is 1260. The number of aromatic nitrogens is 1. The van der Waals surface area contributed by atoms with Gasteiger partial charge < -0.3 is 4.42 Å². The zero-order chi connectivity index (χ0) is 20.2. The fourth-order valence-electron chi connectivity index (χ4n) is 2.81. The third-order valence-electron chi connectivity index (χ3n) is 4.16. The summed E-state index contributed by atoms with van der Waals surface area (Å²) in [5.74, 6) is 0.566. The number of para-hydroxylation sites is 1. The molecule has 6 nitrogen and oxygen atoms in total. The Morgan fingerprint density at radius 3 is 2.76 bits per heavy atom. The maximum Gasteiger partial charge on any atom is 0.276 e. The summed E-state index contributed by atoms with van der Waals surface area (Å²) in [6.07, 6.45) is 4.93. The molecule has 1 aromatic heterocycles. The van der Waals surface area contributed by atoms with Crippen molar-refractivity contribution < 1.29 is 9.34 Å². The van der Waals surface area contributed by atoms with Crippen LogP contribution in [0.1, 0.15) is 5.56 Å². The van der Waals surface area contributed by atoms with Gasteiger partial charge in [-0.25, -0.2) is 4.98 Å². The molecule has 7 heteroatoms. The molecule has 0 fully saturated rings. The van der Waals surface area contributed by atoms with Crippen molar-refractivity contribution in [2.45, 2.75) is 0 Å². The fraction of sp³-hybridized carbons (Fsp3) is 0. The molecule has 0 amide bonds. The highest BCUT2D eigenvalue weighted by Crippen LogP contribution is 2.28. The smallest absolute Gasteiger partial charge is 0.276 e. The van der Waals surface area contributed by atoms with Gasteiger partial charge >= 0.3 is 0 Å². The monoisotopic (exact) mass is 495 g/mol. The van der Waals surface area contributed by atoms with Gasteiger partial charge in [0.25, 0.3) is 5.69 Å². The standard InChI is InChI=1S/C22H14IN3O3/c23-17-8-3-6-16(13-17)22-25-19-14-18(10-11-21(19)29-22)24-12-4-7-15-5-1-2-9-20(15)26(27)28/h1-14H. The predicted molar refractivity (Wildman–Crippen MR) is 122 cm³/mol. The van der Waals surface area contributed by atoms with E-state index in [0.717, 1.165) is 14.7 Å². The van der Waals surface area contributed by atoms with Gasteiger partial charge in [-0.15, -0.1) is 0 Å². The molecule has 0 spiro atoms. The second-order valence-electron chi connectivity index (χ2n) is 6.13. The van der Waals surface area contributed by atoms with Gasteiger partial charge in [0.1, 0.15) is 5.52 Å². The molecule has 29 heavy (non-hydrogen) atoms. The van der Waals surface area contributed by atoms with Crippen molar-refractivity contribution >= 4 is 57.4 Å². The molecule has 0 bridgehead atoms. The van der Waals surface area contributed by atoms with Gasteiger partial charge in [0.15, 0.2) is 5.58 Å². The number of hydrogen-bond donors (Lipinski definition) is 0. The van der Waals surface area contributed by atoms with E-state index in [4.69, 9.17) is 4.42 Å². The van der Waals surface area contributed by atoms with Crippen molar-refractivity contribution in [3.05, 3.63) is 92.1 Å². The highest BCUT2D eigenvalue weighted by molar-refractivity contribution is 14.1. The number of nitro groups is 1. The van der Waals surface area contributed by atoms with Crippen LogP contribution in [0.2, 0.25) is 0 Å². The number of oxazole rings is 1. The second kappa shape index (κ2) is 8.36. The average molecular weight is 495 g/mol. The number of nitrogens with zero attached hydrogens (tertiary/aromatic N) is 3. The van der Waals surface area contributed by atoms with E-state index >= 15 is 0 Å². The van der Waals surface area contributed by atoms with Gasteiger partial charge in [0.2, 0.25) is 5.89 Å². The van der Waals surface area contributed by atoms with Crippen LogP contribution in [0.25, 0.3) is 28.6 Å². The van der Waals surface area contributed by atoms with Crippen LogP contribution in [0.4, 0.5) is 11.4 Å². The number of aliphatic imine (C=N–C) groups is 1. The van der Waals surface area contributed by atoms with Gasteiger partial charge in [-0.3, -0.25) is 15.1 Å². The summed E-state index contributed by atoms with van der Waals surface area (Å²) in [6.45, 7) is 0. The zero-order valence-electron chi connectivity index (χ0n) is 15.0. The molecule has 4 aromatic rings. The molecule has 0 saturated heterocycles. The van der Waals surface area contributed by atoms with Crippen molar-refractivity contribution in [3.63, 3.8) is 0 Å². The third-order valence-corrected chi connectivity index (χ3v) is 4.83. The molecule has 0 radical (unpaired) electrons. The van der Waals surface area contributed by atoms with Crippen molar-refractivity contribution in [3.8, 4) is 11.5 Å². The van der Waals surface area contributed by atoms with Crippen molar-refractivity contribution in [1.82, 2.24) is 4.98 Å². The van der Waals surface area contributed by atoms with E-state index in [2.05, 4.69) is 32.6 Å². The van der Waals surface area contributed by atoms with E-state index in [-0.39, 0.29) is 5.69 Å². The average Bonchev–Trinajstić information content (AvgIpc) is 3.15. The first-order valence-corrected chi connectivity index (χ1v) is 9.79. The van der Waals surface area contributed by atoms with Crippen molar-refractivity contribution in [1.29, 1.82) is 0 Å². The van der Waals surface area contributed by atoms with Crippen molar-refractivity contribution in [2.75, 3.05) is 0 Å². The molecule has 0 aliphatic heterocycles. The van der Waals surface area contributed by atoms with E-state index < -0.39 is 4.92 Å². The highest BCUT2D eigenvalue weighted by atomic mass is 127. The molecule has 1 heterocycles. The van der Waals surface area contributed by atoms with Gasteiger partial charge in [-0.05, 0) is 77.2 Å². The summed E-state index contributed by atoms with van der Waals surface area (Å²) >= 11 is 2.25. The lowest BCUT2D eigenvalue weighted by molar-refractivity contribution is -0.385. The maximum atomic E-state index is 11.0. The van der Waals surface area contributed by atoms with Gasteiger partial charge in [0.05, 0.1) is 16.2 Å². The molecule has 0 aliphatic carbocycles. The van der Waals surface area contributed by atoms with Crippen molar-refractivity contribution in [2.24, 2.45) is 4.99 Å². The number of nitro benzene ring substituents is 1. The number of fused-ring (bicyclic) bond motifs is 1. The van der Waals surface area contributed by atoms with E-state index in [9.17, 15) is 10.1 Å². The summed E-state index contributed by atoms with van der Waals surface area (Å²) in [7, 11) is 0. The van der Waals surface area contributed by atoms with Crippen LogP contribution in [0.3, 0.4) is 0 Å². The molecule has 0 N–H and O–H groups in total. The number of allylic oxidation sites excluding steroid dienone is 1. The lowest BCUT2D eigenvalue weighted by Crippen LogP contribution is -1.90. The Morgan fingerprint density at radius 2 is 1.93 bits per heavy atom. The van der Waals surface area contributed by atoms with E-state index in [1.165, 1.54) is 6.07 Å². The lowest BCUT2D eigenvalue weighted by atomic mass is 10.1. The van der Waals surface area contributed by atoms with E-state index in [0.29, 0.717) is 22.7 Å². The summed E-state index contributed by atoms with van der Waals surface area (Å²) in [5.41, 5.74) is 3.63. The third kappa shape index (κ3) is 4.40. The summed E-state index contributed by atoms with van der Waals surface area (Å²) < 4.78 is 6.95. The Balaban J connectivity index is 1.55. The predicted octanol–water partition coefficient (Wildman–Crippen LogP) is 6.42. The summed E-state index contributed by atoms with van der Waals surface area (Å²) in [5, 5.41) is 11.0. The minimum atomic E-state index is -0.402. The van der Waals surface area contributed by atoms with Gasteiger partial charge in [-0.1, -0.05) is 18.2 Å². The van der Waals surface area contributed by atoms with Crippen LogP contribution in [0, 0.1) is 13.7 Å². The van der Waals surface area contributed by atoms with Gasteiger partial charge in [-0.2, -0.15) is 0 Å². The minimum absolute atomic E-state index is 0.0595. The number of benzene rings is 3. The molecular weight excluding hydrogens is 481 g/mol. The second-order valence-corrected chi connectivity index (χ2v) is 7.38. The normalized spacial score (nSPS) is 11.6.